The third-order valence-electron chi connectivity index (χ3n) is 0.183. The van der Waals surface area contributed by atoms with Crippen LogP contribution in [0.2, 0.25) is 0 Å². The molecule has 0 aromatic heterocycles. The molecule has 0 spiro atoms. The van der Waals surface area contributed by atoms with Crippen molar-refractivity contribution in [3.63, 3.8) is 0 Å². The molecule has 88 valence electrons. The number of rotatable bonds is 2. The molecule has 11 nitrogen and oxygen atoms in total. The summed E-state index contributed by atoms with van der Waals surface area (Å²) in [5.41, 5.74) is 0. The van der Waals surface area contributed by atoms with E-state index in [-0.39, 0.29) is 90.8 Å². The SMILES string of the molecule is O=P([O-])([O-])OS(=O)(=O)[O-].O=S(=O)([O-])[O-].[Ba+2].[Li+].[Mg+2]. The summed E-state index contributed by atoms with van der Waals surface area (Å²) in [5, 5.41) is 0. The third kappa shape index (κ3) is 68.4. The van der Waals surface area contributed by atoms with E-state index in [1.54, 1.807) is 0 Å². The molecule has 0 heterocycles. The van der Waals surface area contributed by atoms with Gasteiger partial charge in [0.05, 0.1) is 7.82 Å². The van der Waals surface area contributed by atoms with Crippen molar-refractivity contribution in [3.05, 3.63) is 0 Å². The quantitative estimate of drug-likeness (QED) is 0.170. The van der Waals surface area contributed by atoms with Crippen LogP contribution in [-0.4, -0.2) is 102 Å². The standard InChI is InChI=1S/Ba.Li.Mg.H3O7PS.H2O4S/c;;;1-8(2,3)7-9(4,5)6;1-5(2,3)4/h;;;(H2,1,2,3)(H,4,5,6);(H2,1,2,3,4)/q+2;+1;+2;;/p-5. The first-order chi connectivity index (χ1) is 5.71. The summed E-state index contributed by atoms with van der Waals surface area (Å²) in [7, 11) is -16.3. The summed E-state index contributed by atoms with van der Waals surface area (Å²) >= 11 is 0. The number of hydrogen-bond donors (Lipinski definition) is 0. The Kier molecular flexibility index (Phi) is 23.6. The van der Waals surface area contributed by atoms with Crippen LogP contribution < -0.4 is 28.6 Å². The van der Waals surface area contributed by atoms with Crippen LogP contribution in [0.1, 0.15) is 0 Å². The maximum absolute atomic E-state index is 9.32. The number of phosphoric acid groups is 1. The topological polar surface area (TPSA) is 210 Å². The first kappa shape index (κ1) is 32.0. The van der Waals surface area contributed by atoms with E-state index in [9.17, 15) is 27.3 Å². The van der Waals surface area contributed by atoms with Crippen LogP contribution in [0.15, 0.2) is 0 Å². The van der Waals surface area contributed by atoms with Crippen LogP contribution >= 0.6 is 7.82 Å². The average Bonchev–Trinajstić information content (AvgIpc) is 1.42. The van der Waals surface area contributed by atoms with Crippen LogP contribution in [-0.2, 0) is 29.3 Å². The van der Waals surface area contributed by atoms with Crippen molar-refractivity contribution in [2.24, 2.45) is 0 Å². The van der Waals surface area contributed by atoms with E-state index in [4.69, 9.17) is 17.5 Å². The Hall–Kier alpha value is 2.83. The molecule has 0 N–H and O–H groups in total. The Labute approximate surface area is 165 Å². The third-order valence-corrected chi connectivity index (χ3v) is 1.64. The van der Waals surface area contributed by atoms with Gasteiger partial charge in [-0.15, -0.1) is 0 Å². The Morgan fingerprint density at radius 2 is 1.12 bits per heavy atom. The second kappa shape index (κ2) is 12.6. The van der Waals surface area contributed by atoms with E-state index in [2.05, 4.69) is 3.97 Å². The molecule has 0 atom stereocenters. The Bertz CT molecular complexity index is 397. The fraction of sp³-hybridized carbons (Fsp3) is 0. The van der Waals surface area contributed by atoms with E-state index in [0.29, 0.717) is 0 Å². The zero-order chi connectivity index (χ0) is 12.2. The minimum atomic E-state index is -5.69. The Balaban J connectivity index is -0.0000000533. The second-order valence-corrected chi connectivity index (χ2v) is 4.46. The van der Waals surface area contributed by atoms with Gasteiger partial charge in [0.25, 0.3) is 0 Å². The summed E-state index contributed by atoms with van der Waals surface area (Å²) in [5.74, 6) is 0. The van der Waals surface area contributed by atoms with E-state index >= 15 is 0 Å². The summed E-state index contributed by atoms with van der Waals surface area (Å²) < 4.78 is 73.8. The molecule has 0 bridgehead atoms. The van der Waals surface area contributed by atoms with Crippen molar-refractivity contribution >= 4 is 101 Å². The van der Waals surface area contributed by atoms with Gasteiger partial charge in [-0.2, -0.15) is 0 Å². The Morgan fingerprint density at radius 3 is 1.12 bits per heavy atom. The fourth-order valence-electron chi connectivity index (χ4n) is 0.112. The van der Waals surface area contributed by atoms with E-state index in [1.807, 2.05) is 0 Å². The van der Waals surface area contributed by atoms with E-state index in [1.165, 1.54) is 0 Å². The molecule has 17 heteroatoms. The Morgan fingerprint density at radius 1 is 0.941 bits per heavy atom. The van der Waals surface area contributed by atoms with Crippen LogP contribution in [0.4, 0.5) is 0 Å². The van der Waals surface area contributed by atoms with Crippen molar-refractivity contribution in [2.75, 3.05) is 0 Å². The molecule has 0 aromatic carbocycles. The molecule has 0 fully saturated rings. The van der Waals surface area contributed by atoms with Gasteiger partial charge >= 0.3 is 90.8 Å². The van der Waals surface area contributed by atoms with Crippen molar-refractivity contribution in [3.8, 4) is 0 Å². The maximum atomic E-state index is 9.32. The molecule has 0 radical (unpaired) electrons. The van der Waals surface area contributed by atoms with Gasteiger partial charge in [-0.1, -0.05) is 0 Å². The first-order valence-electron chi connectivity index (χ1n) is 2.06. The fourth-order valence-corrected chi connectivity index (χ4v) is 1.01. The summed E-state index contributed by atoms with van der Waals surface area (Å²) in [6.07, 6.45) is 0. The molecular formula is BaLiMgO11PS2. The van der Waals surface area contributed by atoms with Crippen molar-refractivity contribution < 1.29 is 67.7 Å². The summed E-state index contributed by atoms with van der Waals surface area (Å²) in [4.78, 5) is 18.6. The first-order valence-corrected chi connectivity index (χ1v) is 6.19. The van der Waals surface area contributed by atoms with Crippen LogP contribution in [0.5, 0.6) is 0 Å². The summed E-state index contributed by atoms with van der Waals surface area (Å²) in [6.45, 7) is 0. The van der Waals surface area contributed by atoms with Gasteiger partial charge < -0.3 is 28.0 Å². The normalized spacial score (nSPS) is 10.6. The van der Waals surface area contributed by atoms with Gasteiger partial charge in [0, 0.05) is 10.4 Å². The molecule has 0 aliphatic carbocycles. The van der Waals surface area contributed by atoms with Gasteiger partial charge in [0.2, 0.25) is 10.4 Å². The van der Waals surface area contributed by atoms with Crippen LogP contribution in [0.25, 0.3) is 0 Å². The molecule has 0 rings (SSSR count). The maximum Gasteiger partial charge on any atom is 2.00 e. The largest absolute Gasteiger partial charge is 2.00 e. The zero-order valence-electron chi connectivity index (χ0n) is 8.17. The van der Waals surface area contributed by atoms with Gasteiger partial charge in [-0.05, 0) is 0 Å². The summed E-state index contributed by atoms with van der Waals surface area (Å²) in [6, 6.07) is 0. The minimum Gasteiger partial charge on any atom is -0.789 e. The van der Waals surface area contributed by atoms with Crippen LogP contribution in [0.3, 0.4) is 0 Å². The molecule has 0 aliphatic rings. The van der Waals surface area contributed by atoms with Crippen molar-refractivity contribution in [2.45, 2.75) is 0 Å². The molecular weight excluding hydrogens is 440 g/mol. The number of hydrogen-bond acceptors (Lipinski definition) is 11. The van der Waals surface area contributed by atoms with Crippen molar-refractivity contribution in [1.29, 1.82) is 0 Å². The molecule has 0 unspecified atom stereocenters. The molecule has 0 saturated heterocycles. The molecule has 0 aliphatic heterocycles. The second-order valence-electron chi connectivity index (χ2n) is 1.34. The van der Waals surface area contributed by atoms with Gasteiger partial charge in [0.15, 0.2) is 0 Å². The molecule has 0 aromatic rings. The smallest absolute Gasteiger partial charge is 0.789 e. The minimum absolute atomic E-state index is 0. The average molecular weight is 440 g/mol. The predicted octanol–water partition coefficient (Wildman–Crippen LogP) is -7.80. The van der Waals surface area contributed by atoms with Gasteiger partial charge in [0.1, 0.15) is 0 Å². The van der Waals surface area contributed by atoms with Gasteiger partial charge in [-0.25, -0.2) is 12.4 Å². The zero-order valence-corrected chi connectivity index (χ0v) is 16.6. The molecule has 17 heavy (non-hydrogen) atoms. The monoisotopic (exact) mass is 440 g/mol. The van der Waals surface area contributed by atoms with E-state index in [0.717, 1.165) is 0 Å². The van der Waals surface area contributed by atoms with Crippen LogP contribution in [0, 0.1) is 0 Å². The molecule has 0 amide bonds. The van der Waals surface area contributed by atoms with Gasteiger partial charge in [-0.3, -0.25) is 8.42 Å². The molecule has 0 saturated carbocycles. The van der Waals surface area contributed by atoms with Crippen molar-refractivity contribution in [1.82, 2.24) is 0 Å². The predicted molar refractivity (Wildman–Crippen MR) is 40.4 cm³/mol. The van der Waals surface area contributed by atoms with E-state index < -0.39 is 28.6 Å².